The first-order chi connectivity index (χ1) is 7.52. The van der Waals surface area contributed by atoms with E-state index in [0.29, 0.717) is 0 Å². The highest BCUT2D eigenvalue weighted by Crippen LogP contribution is 2.33. The van der Waals surface area contributed by atoms with E-state index in [1.54, 1.807) is 0 Å². The van der Waals surface area contributed by atoms with Crippen molar-refractivity contribution in [3.05, 3.63) is 0 Å². The molecule has 2 N–H and O–H groups in total. The van der Waals surface area contributed by atoms with Crippen LogP contribution < -0.4 is 10.6 Å². The number of carbonyl (C=O) groups is 2. The second-order valence-electron chi connectivity index (χ2n) is 4.36. The monoisotopic (exact) mass is 246 g/mol. The number of urea groups is 1. The van der Waals surface area contributed by atoms with E-state index in [2.05, 4.69) is 10.6 Å². The second-order valence-corrected chi connectivity index (χ2v) is 5.02. The zero-order valence-corrected chi connectivity index (χ0v) is 10.5. The minimum atomic E-state index is -0.686. The summed E-state index contributed by atoms with van der Waals surface area (Å²) in [5.41, 5.74) is 0. The lowest BCUT2D eigenvalue weighted by Gasteiger charge is -2.16. The molecule has 1 fully saturated rings. The van der Waals surface area contributed by atoms with Gasteiger partial charge >= 0.3 is 6.03 Å². The Morgan fingerprint density at radius 2 is 2.06 bits per heavy atom. The van der Waals surface area contributed by atoms with Crippen LogP contribution in [0.1, 0.15) is 39.5 Å². The molecule has 5 heteroatoms. The lowest BCUT2D eigenvalue weighted by molar-refractivity contribution is -0.119. The smallest absolute Gasteiger partial charge is 0.321 e. The number of amides is 3. The van der Waals surface area contributed by atoms with Gasteiger partial charge in [-0.25, -0.2) is 4.79 Å². The summed E-state index contributed by atoms with van der Waals surface area (Å²) in [5, 5.41) is 4.33. The van der Waals surface area contributed by atoms with Crippen molar-refractivity contribution in [1.82, 2.24) is 10.6 Å². The molecule has 0 aromatic carbocycles. The molecule has 2 atom stereocenters. The standard InChI is InChI=1S/C11H19ClN2O2/c1-3-9(6-8-4-5-8)13-11(16)14-10(15)7(2)12/h7-9H,3-6H2,1-2H3,(H2,13,14,15,16). The summed E-state index contributed by atoms with van der Waals surface area (Å²) in [6.45, 7) is 3.56. The lowest BCUT2D eigenvalue weighted by Crippen LogP contribution is -2.46. The first-order valence-corrected chi connectivity index (χ1v) is 6.22. The number of hydrogen-bond donors (Lipinski definition) is 2. The number of halogens is 1. The Kier molecular flexibility index (Phi) is 5.06. The molecule has 0 radical (unpaired) electrons. The van der Waals surface area contributed by atoms with Crippen molar-refractivity contribution in [3.63, 3.8) is 0 Å². The van der Waals surface area contributed by atoms with Crippen LogP contribution >= 0.6 is 11.6 Å². The number of imide groups is 1. The van der Waals surface area contributed by atoms with E-state index in [1.165, 1.54) is 19.8 Å². The van der Waals surface area contributed by atoms with Gasteiger partial charge in [-0.1, -0.05) is 19.8 Å². The Hall–Kier alpha value is -0.770. The third-order valence-corrected chi connectivity index (χ3v) is 2.94. The van der Waals surface area contributed by atoms with Gasteiger partial charge in [0.2, 0.25) is 5.91 Å². The molecule has 3 amide bonds. The second kappa shape index (κ2) is 6.09. The molecule has 92 valence electrons. The minimum absolute atomic E-state index is 0.158. The fourth-order valence-corrected chi connectivity index (χ4v) is 1.57. The van der Waals surface area contributed by atoms with Gasteiger partial charge in [0.15, 0.2) is 0 Å². The van der Waals surface area contributed by atoms with Gasteiger partial charge in [-0.15, -0.1) is 11.6 Å². The van der Waals surface area contributed by atoms with Crippen LogP contribution in [0.4, 0.5) is 4.79 Å². The maximum absolute atomic E-state index is 11.4. The molecule has 1 rings (SSSR count). The highest BCUT2D eigenvalue weighted by atomic mass is 35.5. The Labute approximate surface area is 101 Å². The van der Waals surface area contributed by atoms with Crippen molar-refractivity contribution in [1.29, 1.82) is 0 Å². The zero-order valence-electron chi connectivity index (χ0n) is 9.75. The molecule has 1 aliphatic rings. The van der Waals surface area contributed by atoms with Crippen molar-refractivity contribution < 1.29 is 9.59 Å². The number of hydrogen-bond acceptors (Lipinski definition) is 2. The van der Waals surface area contributed by atoms with Crippen molar-refractivity contribution in [2.45, 2.75) is 50.9 Å². The van der Waals surface area contributed by atoms with Crippen LogP contribution in [0.2, 0.25) is 0 Å². The molecule has 0 saturated heterocycles. The van der Waals surface area contributed by atoms with E-state index in [1.807, 2.05) is 6.92 Å². The molecule has 0 bridgehead atoms. The van der Waals surface area contributed by atoms with Gasteiger partial charge in [-0.3, -0.25) is 10.1 Å². The van der Waals surface area contributed by atoms with E-state index < -0.39 is 17.3 Å². The van der Waals surface area contributed by atoms with Crippen LogP contribution in [-0.4, -0.2) is 23.4 Å². The van der Waals surface area contributed by atoms with Gasteiger partial charge in [0.25, 0.3) is 0 Å². The quantitative estimate of drug-likeness (QED) is 0.730. The Bertz CT molecular complexity index is 265. The average molecular weight is 247 g/mol. The molecule has 0 heterocycles. The van der Waals surface area contributed by atoms with Crippen LogP contribution in [0.5, 0.6) is 0 Å². The third-order valence-electron chi connectivity index (χ3n) is 2.74. The molecule has 0 spiro atoms. The Morgan fingerprint density at radius 3 is 2.50 bits per heavy atom. The zero-order chi connectivity index (χ0) is 12.1. The summed E-state index contributed by atoms with van der Waals surface area (Å²) in [7, 11) is 0. The molecule has 1 aliphatic carbocycles. The highest BCUT2D eigenvalue weighted by Gasteiger charge is 2.25. The maximum Gasteiger partial charge on any atom is 0.321 e. The van der Waals surface area contributed by atoms with Gasteiger partial charge in [-0.2, -0.15) is 0 Å². The summed E-state index contributed by atoms with van der Waals surface area (Å²) in [4.78, 5) is 22.6. The van der Waals surface area contributed by atoms with Crippen LogP contribution in [0.25, 0.3) is 0 Å². The maximum atomic E-state index is 11.4. The molecule has 1 saturated carbocycles. The lowest BCUT2D eigenvalue weighted by atomic mass is 10.1. The molecule has 0 aromatic rings. The number of nitrogens with one attached hydrogen (secondary N) is 2. The first-order valence-electron chi connectivity index (χ1n) is 5.78. The molecule has 0 aromatic heterocycles. The SMILES string of the molecule is CCC(CC1CC1)NC(=O)NC(=O)C(C)Cl. The van der Waals surface area contributed by atoms with E-state index in [4.69, 9.17) is 11.6 Å². The molecule has 16 heavy (non-hydrogen) atoms. The number of rotatable bonds is 5. The molecular weight excluding hydrogens is 228 g/mol. The summed E-state index contributed by atoms with van der Waals surface area (Å²) >= 11 is 5.55. The molecule has 0 aliphatic heterocycles. The average Bonchev–Trinajstić information content (AvgIpc) is 3.00. The molecular formula is C11H19ClN2O2. The van der Waals surface area contributed by atoms with Crippen molar-refractivity contribution in [2.24, 2.45) is 5.92 Å². The molecule has 4 nitrogen and oxygen atoms in total. The Balaban J connectivity index is 2.27. The number of alkyl halides is 1. The summed E-state index contributed by atoms with van der Waals surface area (Å²) in [6, 6.07) is -0.282. The predicted molar refractivity (Wildman–Crippen MR) is 63.4 cm³/mol. The minimum Gasteiger partial charge on any atom is -0.335 e. The fraction of sp³-hybridized carbons (Fsp3) is 0.818. The van der Waals surface area contributed by atoms with Gasteiger partial charge in [0.05, 0.1) is 0 Å². The van der Waals surface area contributed by atoms with Crippen LogP contribution in [0, 0.1) is 5.92 Å². The topological polar surface area (TPSA) is 58.2 Å². The largest absolute Gasteiger partial charge is 0.335 e. The highest BCUT2D eigenvalue weighted by molar-refractivity contribution is 6.31. The molecule has 2 unspecified atom stereocenters. The van der Waals surface area contributed by atoms with Crippen molar-refractivity contribution in [3.8, 4) is 0 Å². The summed E-state index contributed by atoms with van der Waals surface area (Å²) in [6.07, 6.45) is 4.41. The van der Waals surface area contributed by atoms with E-state index in [9.17, 15) is 9.59 Å². The van der Waals surface area contributed by atoms with Crippen molar-refractivity contribution in [2.75, 3.05) is 0 Å². The fourth-order valence-electron chi connectivity index (χ4n) is 1.52. The van der Waals surface area contributed by atoms with Gasteiger partial charge in [-0.05, 0) is 25.7 Å². The predicted octanol–water partition coefficient (Wildman–Crippen LogP) is 2.02. The number of carbonyl (C=O) groups excluding carboxylic acids is 2. The normalized spacial score (nSPS) is 18.7. The van der Waals surface area contributed by atoms with E-state index in [-0.39, 0.29) is 6.04 Å². The van der Waals surface area contributed by atoms with Gasteiger partial charge in [0.1, 0.15) is 5.38 Å². The van der Waals surface area contributed by atoms with E-state index >= 15 is 0 Å². The van der Waals surface area contributed by atoms with E-state index in [0.717, 1.165) is 18.8 Å². The summed E-state index contributed by atoms with van der Waals surface area (Å²) < 4.78 is 0. The van der Waals surface area contributed by atoms with Gasteiger partial charge < -0.3 is 5.32 Å². The van der Waals surface area contributed by atoms with Crippen LogP contribution in [0.3, 0.4) is 0 Å². The third kappa shape index (κ3) is 4.84. The van der Waals surface area contributed by atoms with Gasteiger partial charge in [0, 0.05) is 6.04 Å². The van der Waals surface area contributed by atoms with Crippen LogP contribution in [0.15, 0.2) is 0 Å². The Morgan fingerprint density at radius 1 is 1.44 bits per heavy atom. The van der Waals surface area contributed by atoms with Crippen molar-refractivity contribution >= 4 is 23.5 Å². The van der Waals surface area contributed by atoms with Crippen LogP contribution in [-0.2, 0) is 4.79 Å². The first kappa shape index (κ1) is 13.3. The summed E-state index contributed by atoms with van der Waals surface area (Å²) in [5.74, 6) is 0.299.